The number of nitrogens with zero attached hydrogens (tertiary/aromatic N) is 3. The number of nitrogens with one attached hydrogen (secondary N) is 1. The number of rotatable bonds is 6. The molecule has 0 amide bonds. The van der Waals surface area contributed by atoms with Gasteiger partial charge in [-0.1, -0.05) is 42.0 Å². The van der Waals surface area contributed by atoms with Gasteiger partial charge in [-0.25, -0.2) is 4.68 Å². The largest absolute Gasteiger partial charge is 0.378 e. The van der Waals surface area contributed by atoms with Gasteiger partial charge < -0.3 is 10.2 Å². The van der Waals surface area contributed by atoms with Crippen molar-refractivity contribution in [1.82, 2.24) is 15.1 Å². The van der Waals surface area contributed by atoms with Gasteiger partial charge in [0, 0.05) is 54.6 Å². The third-order valence-corrected chi connectivity index (χ3v) is 6.63. The summed E-state index contributed by atoms with van der Waals surface area (Å²) in [6.45, 7) is 7.15. The van der Waals surface area contributed by atoms with E-state index in [9.17, 15) is 0 Å². The quantitative estimate of drug-likeness (QED) is 0.504. The molecule has 0 bridgehead atoms. The van der Waals surface area contributed by atoms with E-state index in [1.807, 2.05) is 23.7 Å². The number of aromatic nitrogens is 2. The fourth-order valence-corrected chi connectivity index (χ4v) is 4.56. The van der Waals surface area contributed by atoms with E-state index in [2.05, 4.69) is 80.6 Å². The second-order valence-corrected chi connectivity index (χ2v) is 9.11. The normalized spacial score (nSPS) is 18.0. The van der Waals surface area contributed by atoms with Gasteiger partial charge in [-0.05, 0) is 62.6 Å². The smallest absolute Gasteiger partial charge is 0.0663 e. The van der Waals surface area contributed by atoms with Gasteiger partial charge >= 0.3 is 0 Å². The highest BCUT2D eigenvalue weighted by atomic mass is 35.5. The minimum Gasteiger partial charge on any atom is -0.378 e. The van der Waals surface area contributed by atoms with Gasteiger partial charge in [0.1, 0.15) is 0 Å². The minimum atomic E-state index is 0.370. The lowest BCUT2D eigenvalue weighted by Gasteiger charge is -2.16. The van der Waals surface area contributed by atoms with E-state index in [-0.39, 0.29) is 0 Å². The lowest BCUT2D eigenvalue weighted by molar-refractivity contribution is 0.559. The van der Waals surface area contributed by atoms with Crippen molar-refractivity contribution >= 4 is 17.3 Å². The molecule has 162 valence electrons. The molecule has 1 aliphatic carbocycles. The number of anilines is 1. The van der Waals surface area contributed by atoms with E-state index in [1.165, 1.54) is 22.5 Å². The van der Waals surface area contributed by atoms with Crippen LogP contribution >= 0.6 is 11.6 Å². The van der Waals surface area contributed by atoms with Crippen molar-refractivity contribution in [2.24, 2.45) is 0 Å². The van der Waals surface area contributed by atoms with Crippen molar-refractivity contribution in [2.45, 2.75) is 45.7 Å². The number of halogens is 1. The van der Waals surface area contributed by atoms with Crippen LogP contribution in [0.5, 0.6) is 0 Å². The van der Waals surface area contributed by atoms with Crippen LogP contribution in [0.3, 0.4) is 0 Å². The first kappa shape index (κ1) is 21.7. The molecule has 5 heteroatoms. The Hall–Kier alpha value is -2.56. The predicted molar refractivity (Wildman–Crippen MR) is 131 cm³/mol. The van der Waals surface area contributed by atoms with Crippen LogP contribution < -0.4 is 10.2 Å². The molecule has 0 spiro atoms. The third kappa shape index (κ3) is 4.56. The molecule has 1 N–H and O–H groups in total. The van der Waals surface area contributed by atoms with Crippen molar-refractivity contribution in [3.8, 4) is 5.69 Å². The topological polar surface area (TPSA) is 33.1 Å². The van der Waals surface area contributed by atoms with Crippen molar-refractivity contribution in [3.63, 3.8) is 0 Å². The first-order valence-electron chi connectivity index (χ1n) is 10.8. The molecule has 2 atom stereocenters. The zero-order chi connectivity index (χ0) is 22.1. The zero-order valence-electron chi connectivity index (χ0n) is 19.0. The highest BCUT2D eigenvalue weighted by Gasteiger charge is 2.26. The number of allylic oxidation sites excluding steroid dienone is 1. The molecule has 0 radical (unpaired) electrons. The lowest BCUT2D eigenvalue weighted by Crippen LogP contribution is -2.25. The number of aryl methyl sites for hydroxylation is 2. The maximum absolute atomic E-state index is 6.36. The molecule has 0 fully saturated rings. The summed E-state index contributed by atoms with van der Waals surface area (Å²) < 4.78 is 2.02. The molecule has 0 aliphatic heterocycles. The fraction of sp³-hybridized carbons (Fsp3) is 0.346. The Bertz CT molecular complexity index is 1100. The van der Waals surface area contributed by atoms with Gasteiger partial charge in [-0.2, -0.15) is 5.10 Å². The van der Waals surface area contributed by atoms with Gasteiger partial charge in [0.15, 0.2) is 0 Å². The molecule has 1 aliphatic rings. The number of hydrogen-bond acceptors (Lipinski definition) is 3. The van der Waals surface area contributed by atoms with Crippen LogP contribution in [0, 0.1) is 20.8 Å². The Morgan fingerprint density at radius 2 is 1.81 bits per heavy atom. The molecule has 0 saturated heterocycles. The van der Waals surface area contributed by atoms with Gasteiger partial charge in [0.2, 0.25) is 0 Å². The third-order valence-electron chi connectivity index (χ3n) is 6.22. The van der Waals surface area contributed by atoms with Crippen molar-refractivity contribution in [2.75, 3.05) is 19.0 Å². The molecule has 2 aromatic carbocycles. The van der Waals surface area contributed by atoms with Crippen LogP contribution in [0.4, 0.5) is 5.69 Å². The lowest BCUT2D eigenvalue weighted by atomic mass is 9.96. The molecule has 4 nitrogen and oxygen atoms in total. The van der Waals surface area contributed by atoms with E-state index in [4.69, 9.17) is 16.7 Å². The standard InChI is InChI=1S/C26H31ClN4/c1-17-6-11-24(15-25(17)27)31-19(3)26(18(2)29-31)21-9-10-22(14-21)28-16-20-7-12-23(13-8-20)30(4)5/h6-13,15,21-22,28H,14,16H2,1-5H3/t21-,22+/m0/s1. The summed E-state index contributed by atoms with van der Waals surface area (Å²) in [7, 11) is 4.13. The van der Waals surface area contributed by atoms with Crippen molar-refractivity contribution < 1.29 is 0 Å². The molecular weight excluding hydrogens is 404 g/mol. The summed E-state index contributed by atoms with van der Waals surface area (Å²) >= 11 is 6.36. The molecule has 4 rings (SSSR count). The summed E-state index contributed by atoms with van der Waals surface area (Å²) in [5.41, 5.74) is 8.22. The van der Waals surface area contributed by atoms with Gasteiger partial charge in [0.05, 0.1) is 11.4 Å². The maximum atomic E-state index is 6.36. The van der Waals surface area contributed by atoms with Crippen LogP contribution in [0.1, 0.15) is 40.4 Å². The Balaban J connectivity index is 1.44. The number of benzene rings is 2. The van der Waals surface area contributed by atoms with E-state index in [0.29, 0.717) is 12.0 Å². The average molecular weight is 435 g/mol. The van der Waals surface area contributed by atoms with Gasteiger partial charge in [0.25, 0.3) is 0 Å². The second-order valence-electron chi connectivity index (χ2n) is 8.71. The second kappa shape index (κ2) is 8.89. The van der Waals surface area contributed by atoms with Gasteiger partial charge in [-0.15, -0.1) is 0 Å². The predicted octanol–water partition coefficient (Wildman–Crippen LogP) is 5.72. The highest BCUT2D eigenvalue weighted by Crippen LogP contribution is 2.34. The molecule has 3 aromatic rings. The fourth-order valence-electron chi connectivity index (χ4n) is 4.38. The Morgan fingerprint density at radius 3 is 2.48 bits per heavy atom. The van der Waals surface area contributed by atoms with Crippen LogP contribution in [-0.4, -0.2) is 29.9 Å². The van der Waals surface area contributed by atoms with E-state index < -0.39 is 0 Å². The SMILES string of the molecule is Cc1ccc(-n2nc(C)c([C@H]3C=C[C@@H](NCc4ccc(N(C)C)cc4)C3)c2C)cc1Cl. The van der Waals surface area contributed by atoms with Crippen LogP contribution in [0.2, 0.25) is 5.02 Å². The summed E-state index contributed by atoms with van der Waals surface area (Å²) in [4.78, 5) is 2.12. The molecule has 1 aromatic heterocycles. The monoisotopic (exact) mass is 434 g/mol. The summed E-state index contributed by atoms with van der Waals surface area (Å²) in [5.74, 6) is 0.378. The van der Waals surface area contributed by atoms with E-state index >= 15 is 0 Å². The Morgan fingerprint density at radius 1 is 1.06 bits per heavy atom. The Labute approximate surface area is 190 Å². The molecule has 1 heterocycles. The van der Waals surface area contributed by atoms with E-state index in [1.54, 1.807) is 0 Å². The molecule has 31 heavy (non-hydrogen) atoms. The minimum absolute atomic E-state index is 0.370. The van der Waals surface area contributed by atoms with Crippen molar-refractivity contribution in [1.29, 1.82) is 0 Å². The highest BCUT2D eigenvalue weighted by molar-refractivity contribution is 6.31. The first-order valence-corrected chi connectivity index (χ1v) is 11.2. The van der Waals surface area contributed by atoms with Crippen molar-refractivity contribution in [3.05, 3.63) is 87.7 Å². The first-order chi connectivity index (χ1) is 14.8. The maximum Gasteiger partial charge on any atom is 0.0663 e. The zero-order valence-corrected chi connectivity index (χ0v) is 19.7. The molecule has 0 saturated carbocycles. The summed E-state index contributed by atoms with van der Waals surface area (Å²) in [6.07, 6.45) is 5.69. The van der Waals surface area contributed by atoms with Crippen LogP contribution in [-0.2, 0) is 6.54 Å². The average Bonchev–Trinajstić information content (AvgIpc) is 3.32. The van der Waals surface area contributed by atoms with Crippen LogP contribution in [0.15, 0.2) is 54.6 Å². The Kier molecular flexibility index (Phi) is 6.22. The molecular formula is C26H31ClN4. The number of hydrogen-bond donors (Lipinski definition) is 1. The van der Waals surface area contributed by atoms with E-state index in [0.717, 1.165) is 34.9 Å². The summed E-state index contributed by atoms with van der Waals surface area (Å²) in [5, 5.41) is 9.30. The van der Waals surface area contributed by atoms with Crippen LogP contribution in [0.25, 0.3) is 5.69 Å². The molecule has 0 unspecified atom stereocenters. The van der Waals surface area contributed by atoms with Gasteiger partial charge in [-0.3, -0.25) is 0 Å². The summed E-state index contributed by atoms with van der Waals surface area (Å²) in [6, 6.07) is 15.2.